The molecule has 0 aliphatic carbocycles. The molecule has 1 amide bonds. The van der Waals surface area contributed by atoms with Gasteiger partial charge in [-0.15, -0.1) is 11.3 Å². The number of nitrogens with zero attached hydrogens (tertiary/aromatic N) is 2. The summed E-state index contributed by atoms with van der Waals surface area (Å²) in [6, 6.07) is 17.6. The van der Waals surface area contributed by atoms with Crippen LogP contribution in [0, 0.1) is 0 Å². The van der Waals surface area contributed by atoms with E-state index in [1.165, 1.54) is 5.56 Å². The highest BCUT2D eigenvalue weighted by molar-refractivity contribution is 7.13. The van der Waals surface area contributed by atoms with E-state index < -0.39 is 0 Å². The number of imidazole rings is 1. The average molecular weight is 375 g/mol. The van der Waals surface area contributed by atoms with Crippen LogP contribution >= 0.6 is 11.3 Å². The van der Waals surface area contributed by atoms with Gasteiger partial charge < -0.3 is 5.32 Å². The van der Waals surface area contributed by atoms with E-state index in [9.17, 15) is 4.79 Å². The number of carbonyl (C=O) groups is 1. The molecule has 27 heavy (non-hydrogen) atoms. The van der Waals surface area contributed by atoms with Crippen molar-refractivity contribution in [2.24, 2.45) is 0 Å². The maximum atomic E-state index is 12.9. The molecule has 0 saturated carbocycles. The van der Waals surface area contributed by atoms with Crippen molar-refractivity contribution >= 4 is 28.7 Å². The van der Waals surface area contributed by atoms with E-state index in [2.05, 4.69) is 26.1 Å². The van der Waals surface area contributed by atoms with Gasteiger partial charge in [-0.3, -0.25) is 9.20 Å². The Morgan fingerprint density at radius 3 is 2.48 bits per heavy atom. The van der Waals surface area contributed by atoms with Crippen LogP contribution in [0.25, 0.3) is 16.2 Å². The first-order chi connectivity index (χ1) is 12.9. The van der Waals surface area contributed by atoms with Crippen molar-refractivity contribution in [2.45, 2.75) is 26.2 Å². The Morgan fingerprint density at radius 1 is 1.04 bits per heavy atom. The second-order valence-corrected chi connectivity index (χ2v) is 8.44. The summed E-state index contributed by atoms with van der Waals surface area (Å²) in [6.07, 6.45) is 1.91. The van der Waals surface area contributed by atoms with Gasteiger partial charge in [0.05, 0.1) is 4.88 Å². The summed E-state index contributed by atoms with van der Waals surface area (Å²) in [6.45, 7) is 6.48. The van der Waals surface area contributed by atoms with E-state index in [0.717, 1.165) is 16.2 Å². The normalized spacial score (nSPS) is 11.7. The number of rotatable bonds is 3. The molecule has 136 valence electrons. The van der Waals surface area contributed by atoms with Gasteiger partial charge in [0.2, 0.25) is 0 Å². The Kier molecular flexibility index (Phi) is 4.32. The summed E-state index contributed by atoms with van der Waals surface area (Å²) in [5.74, 6) is 0.553. The minimum atomic E-state index is -0.140. The van der Waals surface area contributed by atoms with Gasteiger partial charge in [0.1, 0.15) is 17.2 Å². The van der Waals surface area contributed by atoms with Crippen LogP contribution in [-0.2, 0) is 5.41 Å². The standard InChI is InChI=1S/C22H21N3OS/c1-22(2,3)16-11-9-15(10-12-16)21(26)24-20-19(17-7-6-14-27-17)23-18-8-4-5-13-25(18)20/h4-14H,1-3H3,(H,24,26). The summed E-state index contributed by atoms with van der Waals surface area (Å²) in [7, 11) is 0. The van der Waals surface area contributed by atoms with Crippen molar-refractivity contribution in [1.29, 1.82) is 0 Å². The highest BCUT2D eigenvalue weighted by Crippen LogP contribution is 2.32. The van der Waals surface area contributed by atoms with Gasteiger partial charge in [-0.05, 0) is 46.7 Å². The van der Waals surface area contributed by atoms with Crippen molar-refractivity contribution < 1.29 is 4.79 Å². The van der Waals surface area contributed by atoms with Crippen LogP contribution in [0.4, 0.5) is 5.82 Å². The number of anilines is 1. The molecule has 0 fully saturated rings. The molecule has 5 heteroatoms. The van der Waals surface area contributed by atoms with Crippen molar-refractivity contribution in [3.63, 3.8) is 0 Å². The third kappa shape index (κ3) is 3.38. The van der Waals surface area contributed by atoms with Gasteiger partial charge in [0, 0.05) is 11.8 Å². The van der Waals surface area contributed by atoms with Crippen LogP contribution in [-0.4, -0.2) is 15.3 Å². The third-order valence-corrected chi connectivity index (χ3v) is 5.41. The molecule has 1 aromatic carbocycles. The molecule has 0 unspecified atom stereocenters. The second-order valence-electron chi connectivity index (χ2n) is 7.50. The zero-order chi connectivity index (χ0) is 19.0. The van der Waals surface area contributed by atoms with E-state index in [0.29, 0.717) is 11.4 Å². The van der Waals surface area contributed by atoms with Crippen LogP contribution in [0.5, 0.6) is 0 Å². The lowest BCUT2D eigenvalue weighted by molar-refractivity contribution is 0.102. The summed E-state index contributed by atoms with van der Waals surface area (Å²) >= 11 is 1.61. The van der Waals surface area contributed by atoms with Crippen molar-refractivity contribution in [3.8, 4) is 10.6 Å². The zero-order valence-corrected chi connectivity index (χ0v) is 16.4. The molecule has 0 saturated heterocycles. The van der Waals surface area contributed by atoms with Gasteiger partial charge in [0.15, 0.2) is 0 Å². The van der Waals surface area contributed by atoms with Crippen LogP contribution < -0.4 is 5.32 Å². The minimum absolute atomic E-state index is 0.0585. The lowest BCUT2D eigenvalue weighted by atomic mass is 9.87. The number of carbonyl (C=O) groups excluding carboxylic acids is 1. The molecule has 4 rings (SSSR count). The average Bonchev–Trinajstić information content (AvgIpc) is 3.29. The number of benzene rings is 1. The monoisotopic (exact) mass is 375 g/mol. The number of amides is 1. The minimum Gasteiger partial charge on any atom is -0.306 e. The van der Waals surface area contributed by atoms with Gasteiger partial charge >= 0.3 is 0 Å². The molecular formula is C22H21N3OS. The zero-order valence-electron chi connectivity index (χ0n) is 15.6. The van der Waals surface area contributed by atoms with Gasteiger partial charge in [-0.25, -0.2) is 4.98 Å². The van der Waals surface area contributed by atoms with Gasteiger partial charge in [-0.1, -0.05) is 45.0 Å². The fraction of sp³-hybridized carbons (Fsp3) is 0.182. The molecule has 3 aromatic heterocycles. The summed E-state index contributed by atoms with van der Waals surface area (Å²) in [5.41, 5.74) is 3.48. The number of aromatic nitrogens is 2. The quantitative estimate of drug-likeness (QED) is 0.506. The maximum absolute atomic E-state index is 12.9. The number of hydrogen-bond acceptors (Lipinski definition) is 3. The molecule has 0 bridgehead atoms. The molecule has 0 spiro atoms. The first kappa shape index (κ1) is 17.5. The fourth-order valence-electron chi connectivity index (χ4n) is 3.00. The first-order valence-electron chi connectivity index (χ1n) is 8.86. The van der Waals surface area contributed by atoms with Gasteiger partial charge in [-0.2, -0.15) is 0 Å². The Balaban J connectivity index is 1.71. The molecule has 3 heterocycles. The van der Waals surface area contributed by atoms with Crippen LogP contribution in [0.1, 0.15) is 36.7 Å². The Morgan fingerprint density at radius 2 is 1.81 bits per heavy atom. The predicted octanol–water partition coefficient (Wildman–Crippen LogP) is 5.61. The maximum Gasteiger partial charge on any atom is 0.256 e. The van der Waals surface area contributed by atoms with Crippen molar-refractivity contribution in [2.75, 3.05) is 5.32 Å². The van der Waals surface area contributed by atoms with E-state index >= 15 is 0 Å². The molecule has 0 aliphatic heterocycles. The smallest absolute Gasteiger partial charge is 0.256 e. The second kappa shape index (κ2) is 6.67. The fourth-order valence-corrected chi connectivity index (χ4v) is 3.72. The third-order valence-electron chi connectivity index (χ3n) is 4.53. The van der Waals surface area contributed by atoms with E-state index in [1.807, 2.05) is 70.6 Å². The number of hydrogen-bond donors (Lipinski definition) is 1. The summed E-state index contributed by atoms with van der Waals surface area (Å²) in [5, 5.41) is 5.07. The molecule has 4 aromatic rings. The SMILES string of the molecule is CC(C)(C)c1ccc(C(=O)Nc2c(-c3cccs3)nc3ccccn23)cc1. The number of thiophene rings is 1. The number of nitrogens with one attached hydrogen (secondary N) is 1. The highest BCUT2D eigenvalue weighted by atomic mass is 32.1. The Hall–Kier alpha value is -2.92. The number of pyridine rings is 1. The molecule has 4 nitrogen and oxygen atoms in total. The van der Waals surface area contributed by atoms with Crippen LogP contribution in [0.3, 0.4) is 0 Å². The topological polar surface area (TPSA) is 46.4 Å². The molecular weight excluding hydrogens is 354 g/mol. The molecule has 0 atom stereocenters. The van der Waals surface area contributed by atoms with Crippen LogP contribution in [0.2, 0.25) is 0 Å². The van der Waals surface area contributed by atoms with Crippen LogP contribution in [0.15, 0.2) is 66.2 Å². The Labute approximate surface area is 162 Å². The van der Waals surface area contributed by atoms with Crippen molar-refractivity contribution in [3.05, 3.63) is 77.3 Å². The summed E-state index contributed by atoms with van der Waals surface area (Å²) < 4.78 is 1.91. The number of fused-ring (bicyclic) bond motifs is 1. The summed E-state index contributed by atoms with van der Waals surface area (Å²) in [4.78, 5) is 18.6. The largest absolute Gasteiger partial charge is 0.306 e. The predicted molar refractivity (Wildman–Crippen MR) is 112 cm³/mol. The Bertz CT molecular complexity index is 1090. The van der Waals surface area contributed by atoms with E-state index in [4.69, 9.17) is 4.98 Å². The molecule has 0 radical (unpaired) electrons. The highest BCUT2D eigenvalue weighted by Gasteiger charge is 2.19. The van der Waals surface area contributed by atoms with Gasteiger partial charge in [0.25, 0.3) is 5.91 Å². The molecule has 0 aliphatic rings. The van der Waals surface area contributed by atoms with E-state index in [-0.39, 0.29) is 11.3 Å². The van der Waals surface area contributed by atoms with Crippen molar-refractivity contribution in [1.82, 2.24) is 9.38 Å². The first-order valence-corrected chi connectivity index (χ1v) is 9.74. The lowest BCUT2D eigenvalue weighted by Gasteiger charge is -2.19. The lowest BCUT2D eigenvalue weighted by Crippen LogP contribution is -2.15. The van der Waals surface area contributed by atoms with E-state index in [1.54, 1.807) is 11.3 Å². The molecule has 1 N–H and O–H groups in total.